The van der Waals surface area contributed by atoms with Gasteiger partial charge in [-0.25, -0.2) is 9.87 Å². The van der Waals surface area contributed by atoms with Gasteiger partial charge in [0.15, 0.2) is 5.60 Å². The van der Waals surface area contributed by atoms with E-state index in [1.165, 1.54) is 13.2 Å². The van der Waals surface area contributed by atoms with E-state index in [-0.39, 0.29) is 12.5 Å². The molecule has 4 aromatic carbocycles. The zero-order chi connectivity index (χ0) is 34.7. The number of hydrogen-bond acceptors (Lipinski definition) is 7. The molecule has 0 aliphatic carbocycles. The first-order chi connectivity index (χ1) is 23.7. The summed E-state index contributed by atoms with van der Waals surface area (Å²) in [4.78, 5) is 31.3. The molecule has 1 amide bonds. The molecule has 0 aliphatic rings. The number of hydroxylamine groups is 1. The molecule has 0 bridgehead atoms. The van der Waals surface area contributed by atoms with Gasteiger partial charge in [-0.05, 0) is 49.4 Å². The first-order valence-corrected chi connectivity index (χ1v) is 16.4. The molecule has 9 nitrogen and oxygen atoms in total. The van der Waals surface area contributed by atoms with Crippen LogP contribution in [-0.2, 0) is 37.9 Å². The van der Waals surface area contributed by atoms with Crippen LogP contribution in [0.5, 0.6) is 0 Å². The molecule has 2 N–H and O–H groups in total. The number of nitrogens with one attached hydrogen (secondary N) is 2. The van der Waals surface area contributed by atoms with Crippen LogP contribution in [-0.4, -0.2) is 39.5 Å². The molecule has 0 saturated heterocycles. The van der Waals surface area contributed by atoms with Crippen molar-refractivity contribution >= 4 is 11.9 Å². The third kappa shape index (κ3) is 8.65. The molecule has 254 valence electrons. The lowest BCUT2D eigenvalue weighted by Crippen LogP contribution is -2.47. The Kier molecular flexibility index (Phi) is 11.7. The minimum absolute atomic E-state index is 0.166. The Labute approximate surface area is 286 Å². The Balaban J connectivity index is 1.13. The molecule has 0 aliphatic heterocycles. The monoisotopic (exact) mass is 663 g/mol. The minimum Gasteiger partial charge on any atom is -0.468 e. The second-order valence-electron chi connectivity index (χ2n) is 12.4. The number of carbonyl (C=O) groups is 2. The Hall–Kier alpha value is -5.19. The maximum Gasteiger partial charge on any atom is 0.325 e. The van der Waals surface area contributed by atoms with E-state index in [0.717, 1.165) is 29.5 Å². The van der Waals surface area contributed by atoms with Crippen LogP contribution in [0.25, 0.3) is 11.3 Å². The fourth-order valence-electron chi connectivity index (χ4n) is 5.65. The predicted octanol–water partition coefficient (Wildman–Crippen LogP) is 6.73. The van der Waals surface area contributed by atoms with Crippen LogP contribution in [0.2, 0.25) is 0 Å². The maximum atomic E-state index is 14.9. The maximum absolute atomic E-state index is 14.9. The van der Waals surface area contributed by atoms with Crippen LogP contribution in [0.3, 0.4) is 0 Å². The largest absolute Gasteiger partial charge is 0.468 e. The third-order valence-electron chi connectivity index (χ3n) is 8.45. The molecule has 0 fully saturated rings. The molecular formula is C39H42FN5O4. The number of hydrogen-bond donors (Lipinski definition) is 2. The van der Waals surface area contributed by atoms with Gasteiger partial charge < -0.3 is 4.74 Å². The van der Waals surface area contributed by atoms with Gasteiger partial charge in [0.05, 0.1) is 13.3 Å². The van der Waals surface area contributed by atoms with Crippen molar-refractivity contribution < 1.29 is 23.6 Å². The number of amides is 1. The quantitative estimate of drug-likeness (QED) is 0.0522. The number of aromatic nitrogens is 3. The van der Waals surface area contributed by atoms with E-state index in [4.69, 9.17) is 9.57 Å². The summed E-state index contributed by atoms with van der Waals surface area (Å²) in [5, 5.41) is 11.4. The van der Waals surface area contributed by atoms with Crippen molar-refractivity contribution in [3.63, 3.8) is 0 Å². The van der Waals surface area contributed by atoms with Crippen LogP contribution in [0.4, 0.5) is 4.39 Å². The summed E-state index contributed by atoms with van der Waals surface area (Å²) in [6.07, 6.45) is 4.33. The van der Waals surface area contributed by atoms with Crippen molar-refractivity contribution in [2.45, 2.75) is 63.8 Å². The number of benzene rings is 4. The second kappa shape index (κ2) is 16.3. The van der Waals surface area contributed by atoms with Crippen LogP contribution < -0.4 is 10.8 Å². The highest BCUT2D eigenvalue weighted by Gasteiger charge is 2.39. The van der Waals surface area contributed by atoms with Crippen molar-refractivity contribution in [2.24, 2.45) is 0 Å². The number of rotatable bonds is 16. The van der Waals surface area contributed by atoms with E-state index in [0.29, 0.717) is 36.2 Å². The average molecular weight is 664 g/mol. The molecule has 0 unspecified atom stereocenters. The Bertz CT molecular complexity index is 1720. The van der Waals surface area contributed by atoms with E-state index in [9.17, 15) is 14.0 Å². The fourth-order valence-corrected chi connectivity index (χ4v) is 5.65. The van der Waals surface area contributed by atoms with Crippen molar-refractivity contribution in [2.75, 3.05) is 7.11 Å². The highest BCUT2D eigenvalue weighted by Crippen LogP contribution is 2.39. The molecule has 1 heterocycles. The van der Waals surface area contributed by atoms with Gasteiger partial charge in [-0.2, -0.15) is 0 Å². The van der Waals surface area contributed by atoms with E-state index < -0.39 is 22.9 Å². The molecule has 0 saturated carbocycles. The molecule has 10 heteroatoms. The van der Waals surface area contributed by atoms with Crippen LogP contribution in [0.1, 0.15) is 61.8 Å². The molecule has 5 rings (SSSR count). The lowest BCUT2D eigenvalue weighted by molar-refractivity contribution is -0.147. The van der Waals surface area contributed by atoms with Gasteiger partial charge in [0.1, 0.15) is 17.1 Å². The van der Waals surface area contributed by atoms with Crippen LogP contribution >= 0.6 is 0 Å². The number of esters is 1. The normalized spacial score (nSPS) is 11.7. The summed E-state index contributed by atoms with van der Waals surface area (Å²) < 4.78 is 21.4. The van der Waals surface area contributed by atoms with Gasteiger partial charge >= 0.3 is 5.97 Å². The molecule has 49 heavy (non-hydrogen) atoms. The fraction of sp³-hybridized carbons (Fsp3) is 0.282. The lowest BCUT2D eigenvalue weighted by atomic mass is 9.80. The van der Waals surface area contributed by atoms with E-state index in [1.54, 1.807) is 36.9 Å². The summed E-state index contributed by atoms with van der Waals surface area (Å²) >= 11 is 0. The molecule has 5 aromatic rings. The van der Waals surface area contributed by atoms with E-state index in [1.807, 2.05) is 91.0 Å². The zero-order valence-electron chi connectivity index (χ0n) is 28.1. The molecule has 0 radical (unpaired) electrons. The SMILES string of the molecule is COC(=O)C(C)(C)NCc1ccc(-c2cn(CCCCCC(=O)NOC(c3ccccc3)(c3ccccc3)c3ccccc3)nn2)cc1F. The smallest absolute Gasteiger partial charge is 0.325 e. The number of ether oxygens (including phenoxy) is 1. The summed E-state index contributed by atoms with van der Waals surface area (Å²) in [5.74, 6) is -1.04. The topological polar surface area (TPSA) is 107 Å². The summed E-state index contributed by atoms with van der Waals surface area (Å²) in [6, 6.07) is 34.5. The summed E-state index contributed by atoms with van der Waals surface area (Å²) in [7, 11) is 1.32. The van der Waals surface area contributed by atoms with Gasteiger partial charge in [-0.3, -0.25) is 24.4 Å². The third-order valence-corrected chi connectivity index (χ3v) is 8.45. The second-order valence-corrected chi connectivity index (χ2v) is 12.4. The number of halogens is 1. The van der Waals surface area contributed by atoms with Crippen molar-refractivity contribution in [3.05, 3.63) is 143 Å². The lowest BCUT2D eigenvalue weighted by Gasteiger charge is -2.35. The van der Waals surface area contributed by atoms with Crippen LogP contribution in [0, 0.1) is 5.82 Å². The standard InChI is InChI=1S/C39H42FN5O4/c1-38(2,37(47)48-3)41-27-30-24-23-29(26-34(30)40)35-28-45(44-42-35)25-15-7-14-22-36(46)43-49-39(31-16-8-4-9-17-31,32-18-10-5-11-19-32)33-20-12-6-13-21-33/h4-6,8-13,16-21,23-24,26,28,41H,7,14-15,22,25,27H2,1-3H3,(H,43,46). The highest BCUT2D eigenvalue weighted by molar-refractivity contribution is 5.79. The van der Waals surface area contributed by atoms with Gasteiger partial charge in [0.25, 0.3) is 0 Å². The number of unbranched alkanes of at least 4 members (excludes halogenated alkanes) is 2. The van der Waals surface area contributed by atoms with Crippen LogP contribution in [0.15, 0.2) is 115 Å². The van der Waals surface area contributed by atoms with E-state index in [2.05, 4.69) is 21.1 Å². The molecular weight excluding hydrogens is 621 g/mol. The minimum atomic E-state index is -1.04. The van der Waals surface area contributed by atoms with Gasteiger partial charge in [-0.1, -0.05) is 115 Å². The molecule has 1 aromatic heterocycles. The molecule has 0 spiro atoms. The van der Waals surface area contributed by atoms with Crippen molar-refractivity contribution in [1.82, 2.24) is 25.8 Å². The first kappa shape index (κ1) is 35.1. The predicted molar refractivity (Wildman–Crippen MR) is 185 cm³/mol. The number of aryl methyl sites for hydroxylation is 1. The Morgan fingerprint density at radius 1 is 0.816 bits per heavy atom. The average Bonchev–Trinajstić information content (AvgIpc) is 3.61. The summed E-state index contributed by atoms with van der Waals surface area (Å²) in [6.45, 7) is 4.14. The molecule has 0 atom stereocenters. The van der Waals surface area contributed by atoms with E-state index >= 15 is 0 Å². The first-order valence-electron chi connectivity index (χ1n) is 16.4. The number of methoxy groups -OCH3 is 1. The number of carbonyl (C=O) groups excluding carboxylic acids is 2. The van der Waals surface area contributed by atoms with Gasteiger partial charge in [-0.15, -0.1) is 5.10 Å². The Morgan fingerprint density at radius 2 is 1.41 bits per heavy atom. The van der Waals surface area contributed by atoms with Crippen molar-refractivity contribution in [3.8, 4) is 11.3 Å². The summed E-state index contributed by atoms with van der Waals surface area (Å²) in [5.41, 5.74) is 5.06. The number of nitrogens with zero attached hydrogens (tertiary/aromatic N) is 3. The highest BCUT2D eigenvalue weighted by atomic mass is 19.1. The van der Waals surface area contributed by atoms with Gasteiger partial charge in [0, 0.05) is 30.6 Å². The van der Waals surface area contributed by atoms with Crippen molar-refractivity contribution in [1.29, 1.82) is 0 Å². The van der Waals surface area contributed by atoms with Gasteiger partial charge in [0.2, 0.25) is 5.91 Å². The Morgan fingerprint density at radius 3 is 1.96 bits per heavy atom. The zero-order valence-corrected chi connectivity index (χ0v) is 28.1.